The van der Waals surface area contributed by atoms with E-state index in [2.05, 4.69) is 36.8 Å². The number of ether oxygens (including phenoxy) is 1. The van der Waals surface area contributed by atoms with E-state index in [1.807, 2.05) is 12.2 Å². The number of carbonyl (C=O) groups excluding carboxylic acids is 1. The highest BCUT2D eigenvalue weighted by Gasteiger charge is 2.34. The van der Waals surface area contributed by atoms with Gasteiger partial charge in [0, 0.05) is 44.1 Å². The van der Waals surface area contributed by atoms with Crippen molar-refractivity contribution in [2.45, 2.75) is 38.8 Å². The molecule has 0 aromatic heterocycles. The molecule has 0 bridgehead atoms. The Labute approximate surface area is 127 Å². The van der Waals surface area contributed by atoms with Crippen LogP contribution >= 0.6 is 0 Å². The first kappa shape index (κ1) is 15.8. The maximum Gasteiger partial charge on any atom is 0.302 e. The van der Waals surface area contributed by atoms with Crippen LogP contribution in [-0.2, 0) is 9.53 Å². The molecular weight excluding hydrogens is 264 g/mol. The Morgan fingerprint density at radius 1 is 1.57 bits per heavy atom. The minimum Gasteiger partial charge on any atom is -0.461 e. The Kier molecular flexibility index (Phi) is 5.23. The van der Waals surface area contributed by atoms with Crippen molar-refractivity contribution in [1.82, 2.24) is 10.2 Å². The predicted octanol–water partition coefficient (Wildman–Crippen LogP) is 2.25. The number of rotatable bonds is 5. The van der Waals surface area contributed by atoms with Gasteiger partial charge in [0.1, 0.15) is 6.10 Å². The molecule has 2 rings (SSSR count). The Bertz CT molecular complexity index is 467. The zero-order chi connectivity index (χ0) is 15.4. The Hall–Kier alpha value is -1.55. The maximum atomic E-state index is 11.1. The van der Waals surface area contributed by atoms with Gasteiger partial charge < -0.3 is 10.1 Å². The summed E-state index contributed by atoms with van der Waals surface area (Å²) >= 11 is 0. The number of allylic oxidation sites excluding steroid dienone is 4. The molecule has 0 amide bonds. The van der Waals surface area contributed by atoms with Crippen LogP contribution in [0.1, 0.15) is 26.7 Å². The third-order valence-corrected chi connectivity index (χ3v) is 4.44. The predicted molar refractivity (Wildman–Crippen MR) is 84.7 cm³/mol. The number of nitrogens with one attached hydrogen (secondary N) is 1. The second-order valence-corrected chi connectivity index (χ2v) is 6.05. The summed E-state index contributed by atoms with van der Waals surface area (Å²) in [6, 6.07) is 0.471. The summed E-state index contributed by atoms with van der Waals surface area (Å²) in [7, 11) is 2.12. The van der Waals surface area contributed by atoms with Gasteiger partial charge in [-0.15, -0.1) is 0 Å². The average Bonchev–Trinajstić information content (AvgIpc) is 2.91. The van der Waals surface area contributed by atoms with E-state index in [0.29, 0.717) is 12.0 Å². The third-order valence-electron chi connectivity index (χ3n) is 4.44. The molecule has 0 aromatic carbocycles. The molecule has 2 aliphatic heterocycles. The van der Waals surface area contributed by atoms with Gasteiger partial charge in [0.25, 0.3) is 0 Å². The van der Waals surface area contributed by atoms with Crippen LogP contribution in [0.5, 0.6) is 0 Å². The normalized spacial score (nSPS) is 30.0. The molecule has 0 radical (unpaired) electrons. The van der Waals surface area contributed by atoms with E-state index in [1.165, 1.54) is 18.2 Å². The molecule has 0 aromatic rings. The van der Waals surface area contributed by atoms with Crippen molar-refractivity contribution < 1.29 is 9.53 Å². The standard InChI is InChI=1S/C17H26N2O2/c1-5-6-7-17-12(2)18-10-14(17)8-15-9-16(11-19(15)4)21-13(3)20/h5-7,14-16,18H,1,8-11H2,2-4H3/b7-6-. The fraction of sp³-hybridized carbons (Fsp3) is 0.588. The zero-order valence-electron chi connectivity index (χ0n) is 13.3. The van der Waals surface area contributed by atoms with Gasteiger partial charge in [0.2, 0.25) is 0 Å². The highest BCUT2D eigenvalue weighted by Crippen LogP contribution is 2.31. The van der Waals surface area contributed by atoms with Gasteiger partial charge in [-0.2, -0.15) is 0 Å². The highest BCUT2D eigenvalue weighted by molar-refractivity contribution is 5.66. The molecule has 4 heteroatoms. The van der Waals surface area contributed by atoms with E-state index in [1.54, 1.807) is 0 Å². The number of esters is 1. The van der Waals surface area contributed by atoms with Gasteiger partial charge >= 0.3 is 5.97 Å². The summed E-state index contributed by atoms with van der Waals surface area (Å²) in [4.78, 5) is 13.4. The second kappa shape index (κ2) is 6.94. The second-order valence-electron chi connectivity index (χ2n) is 6.05. The zero-order valence-corrected chi connectivity index (χ0v) is 13.3. The minimum atomic E-state index is -0.179. The van der Waals surface area contributed by atoms with Gasteiger partial charge in [0.05, 0.1) is 0 Å². The van der Waals surface area contributed by atoms with Crippen LogP contribution in [-0.4, -0.2) is 43.2 Å². The molecule has 116 valence electrons. The fourth-order valence-corrected chi connectivity index (χ4v) is 3.39. The number of hydrogen-bond acceptors (Lipinski definition) is 4. The van der Waals surface area contributed by atoms with Crippen LogP contribution in [0.4, 0.5) is 0 Å². The molecule has 1 fully saturated rings. The van der Waals surface area contributed by atoms with Gasteiger partial charge in [-0.25, -0.2) is 0 Å². The number of nitrogens with zero attached hydrogens (tertiary/aromatic N) is 1. The van der Waals surface area contributed by atoms with Gasteiger partial charge in [0.15, 0.2) is 0 Å². The molecule has 0 aliphatic carbocycles. The number of carbonyl (C=O) groups is 1. The topological polar surface area (TPSA) is 41.6 Å². The van der Waals surface area contributed by atoms with Crippen molar-refractivity contribution in [2.24, 2.45) is 5.92 Å². The van der Waals surface area contributed by atoms with Crippen LogP contribution in [0.2, 0.25) is 0 Å². The molecule has 1 N–H and O–H groups in total. The van der Waals surface area contributed by atoms with Crippen LogP contribution in [0.3, 0.4) is 0 Å². The maximum absolute atomic E-state index is 11.1. The molecular formula is C17H26N2O2. The fourth-order valence-electron chi connectivity index (χ4n) is 3.39. The molecule has 2 aliphatic rings. The van der Waals surface area contributed by atoms with Crippen LogP contribution in [0.25, 0.3) is 0 Å². The molecule has 4 nitrogen and oxygen atoms in total. The summed E-state index contributed by atoms with van der Waals surface area (Å²) in [5.41, 5.74) is 2.63. The monoisotopic (exact) mass is 290 g/mol. The number of likely N-dealkylation sites (N-methyl/N-ethyl adjacent to an activating group) is 1. The molecule has 3 unspecified atom stereocenters. The van der Waals surface area contributed by atoms with Crippen molar-refractivity contribution in [2.75, 3.05) is 20.1 Å². The van der Waals surface area contributed by atoms with Gasteiger partial charge in [-0.1, -0.05) is 24.8 Å². The van der Waals surface area contributed by atoms with E-state index >= 15 is 0 Å². The van der Waals surface area contributed by atoms with Crippen LogP contribution < -0.4 is 5.32 Å². The summed E-state index contributed by atoms with van der Waals surface area (Å²) in [6.45, 7) is 9.18. The largest absolute Gasteiger partial charge is 0.461 e. The average molecular weight is 290 g/mol. The Morgan fingerprint density at radius 3 is 3.00 bits per heavy atom. The Balaban J connectivity index is 1.97. The number of likely N-dealkylation sites (tertiary alicyclic amines) is 1. The lowest BCUT2D eigenvalue weighted by molar-refractivity contribution is -0.145. The quantitative estimate of drug-likeness (QED) is 0.623. The first-order valence-electron chi connectivity index (χ1n) is 7.62. The van der Waals surface area contributed by atoms with E-state index in [-0.39, 0.29) is 12.1 Å². The van der Waals surface area contributed by atoms with E-state index in [0.717, 1.165) is 25.9 Å². The molecule has 21 heavy (non-hydrogen) atoms. The lowest BCUT2D eigenvalue weighted by Crippen LogP contribution is -2.29. The van der Waals surface area contributed by atoms with Gasteiger partial charge in [-0.05, 0) is 26.0 Å². The molecule has 2 heterocycles. The summed E-state index contributed by atoms with van der Waals surface area (Å²) in [5.74, 6) is 0.339. The lowest BCUT2D eigenvalue weighted by Gasteiger charge is -2.22. The highest BCUT2D eigenvalue weighted by atomic mass is 16.5. The smallest absolute Gasteiger partial charge is 0.302 e. The molecule has 0 spiro atoms. The van der Waals surface area contributed by atoms with Crippen molar-refractivity contribution in [3.05, 3.63) is 36.1 Å². The minimum absolute atomic E-state index is 0.0455. The van der Waals surface area contributed by atoms with Crippen molar-refractivity contribution in [3.8, 4) is 0 Å². The van der Waals surface area contributed by atoms with Crippen molar-refractivity contribution in [3.63, 3.8) is 0 Å². The molecule has 3 atom stereocenters. The molecule has 0 saturated carbocycles. The summed E-state index contributed by atoms with van der Waals surface area (Å²) in [6.07, 6.45) is 8.04. The first-order valence-corrected chi connectivity index (χ1v) is 7.62. The van der Waals surface area contributed by atoms with Gasteiger partial charge in [-0.3, -0.25) is 9.69 Å². The Morgan fingerprint density at radius 2 is 2.33 bits per heavy atom. The first-order chi connectivity index (χ1) is 10.0. The number of hydrogen-bond donors (Lipinski definition) is 1. The van der Waals surface area contributed by atoms with Crippen LogP contribution in [0.15, 0.2) is 36.1 Å². The van der Waals surface area contributed by atoms with Crippen molar-refractivity contribution in [1.29, 1.82) is 0 Å². The summed E-state index contributed by atoms with van der Waals surface area (Å²) in [5, 5.41) is 3.45. The van der Waals surface area contributed by atoms with Crippen molar-refractivity contribution >= 4 is 5.97 Å². The lowest BCUT2D eigenvalue weighted by atomic mass is 9.92. The summed E-state index contributed by atoms with van der Waals surface area (Å²) < 4.78 is 5.35. The SMILES string of the molecule is C=C/C=C\C1=C(C)NCC1CC1CC(OC(C)=O)CN1C. The third kappa shape index (κ3) is 3.97. The van der Waals surface area contributed by atoms with Crippen LogP contribution in [0, 0.1) is 5.92 Å². The van der Waals surface area contributed by atoms with E-state index in [9.17, 15) is 4.79 Å². The molecule has 1 saturated heterocycles. The van der Waals surface area contributed by atoms with E-state index < -0.39 is 0 Å². The van der Waals surface area contributed by atoms with E-state index in [4.69, 9.17) is 4.74 Å².